The van der Waals surface area contributed by atoms with Crippen LogP contribution in [0.5, 0.6) is 11.5 Å². The van der Waals surface area contributed by atoms with Gasteiger partial charge in [-0.1, -0.05) is 0 Å². The fourth-order valence-corrected chi connectivity index (χ4v) is 1.83. The summed E-state index contributed by atoms with van der Waals surface area (Å²) in [4.78, 5) is 4.27. The highest BCUT2D eigenvalue weighted by molar-refractivity contribution is 5.66. The molecule has 0 aliphatic carbocycles. The third-order valence-corrected chi connectivity index (χ3v) is 3.04. The van der Waals surface area contributed by atoms with E-state index in [1.54, 1.807) is 26.6 Å². The summed E-state index contributed by atoms with van der Waals surface area (Å²) in [5.41, 5.74) is 9.53. The van der Waals surface area contributed by atoms with Gasteiger partial charge in [0.2, 0.25) is 0 Å². The molecule has 1 heterocycles. The van der Waals surface area contributed by atoms with Crippen LogP contribution in [0.15, 0.2) is 18.5 Å². The number of hydrogen-bond donors (Lipinski definition) is 1. The number of rotatable bonds is 3. The highest BCUT2D eigenvalue weighted by atomic mass is 16.5. The highest BCUT2D eigenvalue weighted by Gasteiger charge is 2.12. The van der Waals surface area contributed by atoms with Gasteiger partial charge < -0.3 is 19.8 Å². The van der Waals surface area contributed by atoms with E-state index in [0.717, 1.165) is 17.1 Å². The average molecular weight is 247 g/mol. The number of benzene rings is 1. The normalized spacial score (nSPS) is 10.4. The molecule has 0 fully saturated rings. The van der Waals surface area contributed by atoms with Crippen molar-refractivity contribution in [2.45, 2.75) is 13.8 Å². The van der Waals surface area contributed by atoms with Gasteiger partial charge in [-0.3, -0.25) is 0 Å². The van der Waals surface area contributed by atoms with Gasteiger partial charge in [0.05, 0.1) is 37.6 Å². The van der Waals surface area contributed by atoms with Gasteiger partial charge in [0.25, 0.3) is 0 Å². The zero-order chi connectivity index (χ0) is 13.3. The molecule has 0 atom stereocenters. The minimum atomic E-state index is 0.619. The molecule has 0 saturated carbocycles. The maximum atomic E-state index is 6.05. The SMILES string of the molecule is COc1cc(N)c(-n2cnc(C)c2C)cc1OC. The molecular formula is C13H17N3O2. The van der Waals surface area contributed by atoms with Crippen LogP contribution in [0, 0.1) is 13.8 Å². The van der Waals surface area contributed by atoms with Gasteiger partial charge in [0.1, 0.15) is 0 Å². The van der Waals surface area contributed by atoms with Crippen LogP contribution < -0.4 is 15.2 Å². The van der Waals surface area contributed by atoms with E-state index >= 15 is 0 Å². The summed E-state index contributed by atoms with van der Waals surface area (Å²) in [6.45, 7) is 3.96. The van der Waals surface area contributed by atoms with Crippen molar-refractivity contribution < 1.29 is 9.47 Å². The van der Waals surface area contributed by atoms with Crippen LogP contribution >= 0.6 is 0 Å². The lowest BCUT2D eigenvalue weighted by molar-refractivity contribution is 0.355. The Bertz CT molecular complexity index is 576. The average Bonchev–Trinajstić information content (AvgIpc) is 2.70. The number of aromatic nitrogens is 2. The first-order valence-electron chi connectivity index (χ1n) is 5.61. The molecule has 0 amide bonds. The summed E-state index contributed by atoms with van der Waals surface area (Å²) in [5, 5.41) is 0. The molecule has 5 nitrogen and oxygen atoms in total. The summed E-state index contributed by atoms with van der Waals surface area (Å²) in [5.74, 6) is 1.26. The van der Waals surface area contributed by atoms with Crippen molar-refractivity contribution >= 4 is 5.69 Å². The van der Waals surface area contributed by atoms with Gasteiger partial charge in [0, 0.05) is 17.8 Å². The van der Waals surface area contributed by atoms with Gasteiger partial charge in [0.15, 0.2) is 11.5 Å². The second kappa shape index (κ2) is 4.60. The first-order valence-corrected chi connectivity index (χ1v) is 5.61. The molecule has 0 unspecified atom stereocenters. The third kappa shape index (κ3) is 1.88. The number of anilines is 1. The van der Waals surface area contributed by atoms with E-state index < -0.39 is 0 Å². The molecular weight excluding hydrogens is 230 g/mol. The second-order valence-corrected chi connectivity index (χ2v) is 4.05. The van der Waals surface area contributed by atoms with Crippen LogP contribution in [0.1, 0.15) is 11.4 Å². The smallest absolute Gasteiger partial charge is 0.162 e. The highest BCUT2D eigenvalue weighted by Crippen LogP contribution is 2.34. The van der Waals surface area contributed by atoms with Crippen LogP contribution in [-0.2, 0) is 0 Å². The standard InChI is InChI=1S/C13H17N3O2/c1-8-9(2)16(7-15-8)11-6-13(18-4)12(17-3)5-10(11)14/h5-7H,14H2,1-4H3. The summed E-state index contributed by atoms with van der Waals surface area (Å²) in [6.07, 6.45) is 1.75. The van der Waals surface area contributed by atoms with E-state index in [1.165, 1.54) is 0 Å². The van der Waals surface area contributed by atoms with Crippen molar-refractivity contribution in [1.82, 2.24) is 9.55 Å². The van der Waals surface area contributed by atoms with Gasteiger partial charge in [-0.15, -0.1) is 0 Å². The van der Waals surface area contributed by atoms with Crippen molar-refractivity contribution in [1.29, 1.82) is 0 Å². The molecule has 0 saturated heterocycles. The van der Waals surface area contributed by atoms with Crippen molar-refractivity contribution in [3.05, 3.63) is 29.8 Å². The zero-order valence-corrected chi connectivity index (χ0v) is 11.0. The van der Waals surface area contributed by atoms with E-state index in [-0.39, 0.29) is 0 Å². The number of imidazole rings is 1. The Kier molecular flexibility index (Phi) is 3.14. The largest absolute Gasteiger partial charge is 0.493 e. The number of ether oxygens (including phenoxy) is 2. The number of hydrogen-bond acceptors (Lipinski definition) is 4. The summed E-state index contributed by atoms with van der Waals surface area (Å²) in [7, 11) is 3.19. The van der Waals surface area contributed by atoms with Crippen LogP contribution in [0.4, 0.5) is 5.69 Å². The Morgan fingerprint density at radius 3 is 2.22 bits per heavy atom. The zero-order valence-electron chi connectivity index (χ0n) is 11.0. The maximum absolute atomic E-state index is 6.05. The number of nitrogens with zero attached hydrogens (tertiary/aromatic N) is 2. The minimum Gasteiger partial charge on any atom is -0.493 e. The van der Waals surface area contributed by atoms with Gasteiger partial charge >= 0.3 is 0 Å². The van der Waals surface area contributed by atoms with E-state index in [0.29, 0.717) is 17.2 Å². The molecule has 1 aromatic carbocycles. The van der Waals surface area contributed by atoms with E-state index in [2.05, 4.69) is 4.98 Å². The molecule has 1 aromatic heterocycles. The Morgan fingerprint density at radius 2 is 1.72 bits per heavy atom. The Hall–Kier alpha value is -2.17. The first-order chi connectivity index (χ1) is 8.58. The van der Waals surface area contributed by atoms with Crippen LogP contribution in [0.3, 0.4) is 0 Å². The fourth-order valence-electron chi connectivity index (χ4n) is 1.83. The van der Waals surface area contributed by atoms with E-state index in [4.69, 9.17) is 15.2 Å². The Balaban J connectivity index is 2.61. The molecule has 5 heteroatoms. The van der Waals surface area contributed by atoms with Gasteiger partial charge in [-0.25, -0.2) is 4.98 Å². The van der Waals surface area contributed by atoms with Crippen LogP contribution in [0.25, 0.3) is 5.69 Å². The number of aryl methyl sites for hydroxylation is 1. The molecule has 0 spiro atoms. The minimum absolute atomic E-state index is 0.619. The van der Waals surface area contributed by atoms with Crippen molar-refractivity contribution in [2.75, 3.05) is 20.0 Å². The molecule has 0 bridgehead atoms. The quantitative estimate of drug-likeness (QED) is 0.843. The third-order valence-electron chi connectivity index (χ3n) is 3.04. The predicted molar refractivity (Wildman–Crippen MR) is 70.6 cm³/mol. The molecule has 0 radical (unpaired) electrons. The Morgan fingerprint density at radius 1 is 1.11 bits per heavy atom. The topological polar surface area (TPSA) is 62.3 Å². The fraction of sp³-hybridized carbons (Fsp3) is 0.308. The van der Waals surface area contributed by atoms with Crippen molar-refractivity contribution in [2.24, 2.45) is 0 Å². The predicted octanol–water partition coefficient (Wildman–Crippen LogP) is 2.09. The maximum Gasteiger partial charge on any atom is 0.162 e. The molecule has 2 N–H and O–H groups in total. The van der Waals surface area contributed by atoms with Gasteiger partial charge in [-0.05, 0) is 13.8 Å². The lowest BCUT2D eigenvalue weighted by Gasteiger charge is -2.14. The van der Waals surface area contributed by atoms with Crippen LogP contribution in [0.2, 0.25) is 0 Å². The second-order valence-electron chi connectivity index (χ2n) is 4.05. The van der Waals surface area contributed by atoms with Crippen molar-refractivity contribution in [3.63, 3.8) is 0 Å². The lowest BCUT2D eigenvalue weighted by atomic mass is 10.2. The summed E-state index contributed by atoms with van der Waals surface area (Å²) >= 11 is 0. The molecule has 0 aliphatic heterocycles. The first kappa shape index (κ1) is 12.3. The molecule has 18 heavy (non-hydrogen) atoms. The molecule has 96 valence electrons. The molecule has 2 rings (SSSR count). The van der Waals surface area contributed by atoms with Crippen LogP contribution in [-0.4, -0.2) is 23.8 Å². The van der Waals surface area contributed by atoms with E-state index in [1.807, 2.05) is 24.5 Å². The Labute approximate surface area is 106 Å². The number of nitrogens with two attached hydrogens (primary N) is 1. The molecule has 0 aliphatic rings. The summed E-state index contributed by atoms with van der Waals surface area (Å²) in [6, 6.07) is 3.60. The monoisotopic (exact) mass is 247 g/mol. The summed E-state index contributed by atoms with van der Waals surface area (Å²) < 4.78 is 12.4. The van der Waals surface area contributed by atoms with E-state index in [9.17, 15) is 0 Å². The van der Waals surface area contributed by atoms with Crippen molar-refractivity contribution in [3.8, 4) is 17.2 Å². The number of nitrogen functional groups attached to an aromatic ring is 1. The molecule has 2 aromatic rings. The lowest BCUT2D eigenvalue weighted by Crippen LogP contribution is -2.02. The van der Waals surface area contributed by atoms with Gasteiger partial charge in [-0.2, -0.15) is 0 Å². The number of methoxy groups -OCH3 is 2.